The van der Waals surface area contributed by atoms with Gasteiger partial charge in [-0.1, -0.05) is 24.3 Å². The molecule has 0 aliphatic heterocycles. The lowest BCUT2D eigenvalue weighted by molar-refractivity contribution is -0.657. The van der Waals surface area contributed by atoms with Crippen molar-refractivity contribution < 1.29 is 107 Å². The highest BCUT2D eigenvalue weighted by Crippen LogP contribution is 2.31. The minimum absolute atomic E-state index is 0.0113. The zero-order chi connectivity index (χ0) is 50.6. The second-order valence-electron chi connectivity index (χ2n) is 14.0. The number of carbonyl (C=O) groups excluding carboxylic acids is 2. The Labute approximate surface area is 365 Å². The molecule has 0 bridgehead atoms. The van der Waals surface area contributed by atoms with Gasteiger partial charge in [0.05, 0.1) is 12.7 Å². The van der Waals surface area contributed by atoms with Gasteiger partial charge in [-0.15, -0.1) is 21.9 Å². The first-order valence-corrected chi connectivity index (χ1v) is 18.2. The number of esters is 1. The first-order chi connectivity index (χ1) is 31.9. The van der Waals surface area contributed by atoms with Crippen molar-refractivity contribution in [1.29, 1.82) is 0 Å². The Morgan fingerprint density at radius 2 is 0.676 bits per heavy atom. The summed E-state index contributed by atoms with van der Waals surface area (Å²) in [6.07, 6.45) is -5.33. The number of nitrogens with zero attached hydrogens (tertiary/aromatic N) is 1. The van der Waals surface area contributed by atoms with Crippen molar-refractivity contribution in [1.82, 2.24) is 0 Å². The van der Waals surface area contributed by atoms with E-state index in [0.29, 0.717) is 11.1 Å². The van der Waals surface area contributed by atoms with Crippen LogP contribution in [0.4, 0.5) is 87.8 Å². The highest BCUT2D eigenvalue weighted by atomic mass is 19.2. The van der Waals surface area contributed by atoms with Crippen LogP contribution in [-0.4, -0.2) is 25.0 Å². The Morgan fingerprint density at radius 1 is 0.397 bits per heavy atom. The Kier molecular flexibility index (Phi) is 13.7. The number of fused-ring (bicyclic) bond motifs is 1. The topological polar surface area (TPSA) is 47.3 Å². The predicted molar refractivity (Wildman–Crippen MR) is 195 cm³/mol. The van der Waals surface area contributed by atoms with Gasteiger partial charge in [0.1, 0.15) is 52.7 Å². The number of ether oxygens (including phenoxy) is 1. The monoisotopic (exact) mass is 985 g/mol. The third kappa shape index (κ3) is 7.81. The molecule has 0 fully saturated rings. The lowest BCUT2D eigenvalue weighted by atomic mass is 9.12. The number of hydrogen-bond donors (Lipinski definition) is 0. The van der Waals surface area contributed by atoms with E-state index in [2.05, 4.69) is 4.74 Å². The van der Waals surface area contributed by atoms with E-state index in [0.717, 1.165) is 10.9 Å². The van der Waals surface area contributed by atoms with E-state index >= 15 is 35.1 Å². The Balaban J connectivity index is 0.000000276. The van der Waals surface area contributed by atoms with E-state index in [9.17, 15) is 62.3 Å². The van der Waals surface area contributed by atoms with Gasteiger partial charge in [-0.05, 0) is 24.3 Å². The zero-order valence-electron chi connectivity index (χ0n) is 32.9. The van der Waals surface area contributed by atoms with Gasteiger partial charge in [-0.25, -0.2) is 92.6 Å². The largest absolute Gasteiger partial charge is 0.465 e. The van der Waals surface area contributed by atoms with Gasteiger partial charge in [0.2, 0.25) is 17.8 Å². The Bertz CT molecular complexity index is 2850. The zero-order valence-corrected chi connectivity index (χ0v) is 32.9. The van der Waals surface area contributed by atoms with Gasteiger partial charge in [0.15, 0.2) is 76.0 Å². The molecule has 0 saturated heterocycles. The molecular weight excluding hydrogens is 969 g/mol. The number of halogens is 20. The quantitative estimate of drug-likeness (QED) is 0.0292. The van der Waals surface area contributed by atoms with Crippen LogP contribution < -0.4 is 26.4 Å². The highest BCUT2D eigenvalue weighted by Gasteiger charge is 2.52. The molecule has 6 aromatic carbocycles. The van der Waals surface area contributed by atoms with Gasteiger partial charge in [0.25, 0.3) is 0 Å². The van der Waals surface area contributed by atoms with Crippen molar-refractivity contribution in [3.8, 4) is 0 Å². The second kappa shape index (κ2) is 18.7. The molecule has 0 atom stereocenters. The van der Waals surface area contributed by atoms with Crippen molar-refractivity contribution in [2.45, 2.75) is 6.54 Å². The Hall–Kier alpha value is -7.47. The number of ketones is 1. The summed E-state index contributed by atoms with van der Waals surface area (Å²) in [7, 11) is 1.33. The van der Waals surface area contributed by atoms with Crippen LogP contribution in [0.25, 0.3) is 10.9 Å². The summed E-state index contributed by atoms with van der Waals surface area (Å²) in [6.45, 7) is 0.249. The molecule has 1 aromatic heterocycles. The fourth-order valence-corrected chi connectivity index (χ4v) is 7.39. The van der Waals surface area contributed by atoms with Crippen LogP contribution in [0.1, 0.15) is 20.7 Å². The highest BCUT2D eigenvalue weighted by molar-refractivity contribution is 7.20. The van der Waals surface area contributed by atoms with Crippen LogP contribution in [0.5, 0.6) is 0 Å². The van der Waals surface area contributed by atoms with E-state index in [1.807, 2.05) is 47.2 Å². The third-order valence-corrected chi connectivity index (χ3v) is 10.4. The fraction of sp³-hybridized carbons (Fsp3) is 0.0465. The first-order valence-electron chi connectivity index (χ1n) is 18.2. The average molecular weight is 985 g/mol. The van der Waals surface area contributed by atoms with Gasteiger partial charge in [0, 0.05) is 23.1 Å². The molecule has 354 valence electrons. The average Bonchev–Trinajstić information content (AvgIpc) is 3.33. The second-order valence-corrected chi connectivity index (χ2v) is 14.0. The standard InChI is InChI=1S/C24BF20.C19H16NO3/c26-5-1(6(27)14(35)21(42)13(5)34)25(2-7(28)15(36)22(43)16(37)8(2)29,3-9(30)17(38)23(44)18(39)10(3)31)4-11(32)19(40)24(45)20(41)12(4)33;1-23-19(22)16-10-8-15(9-11-16)18(21)13-20-12-4-6-14-5-2-3-7-17(14)20/h;2-12H,13H2,1H3/q-1;+1. The minimum atomic E-state index is -7.22. The first kappa shape index (κ1) is 50.0. The molecule has 0 N–H and O–H groups in total. The number of pyridine rings is 1. The normalized spacial score (nSPS) is 11.5. The summed E-state index contributed by atoms with van der Waals surface area (Å²) in [5.74, 6) is -71.8. The van der Waals surface area contributed by atoms with E-state index in [1.54, 1.807) is 24.3 Å². The molecule has 0 aliphatic carbocycles. The van der Waals surface area contributed by atoms with Crippen molar-refractivity contribution in [3.05, 3.63) is 194 Å². The summed E-state index contributed by atoms with van der Waals surface area (Å²) in [5.41, 5.74) is -12.3. The Morgan fingerprint density at radius 3 is 1.00 bits per heavy atom. The lowest BCUT2D eigenvalue weighted by Crippen LogP contribution is -2.81. The number of benzene rings is 6. The number of methoxy groups -OCH3 is 1. The van der Waals surface area contributed by atoms with Crippen LogP contribution >= 0.6 is 0 Å². The van der Waals surface area contributed by atoms with E-state index < -0.39 is 150 Å². The molecule has 0 unspecified atom stereocenters. The number of carbonyl (C=O) groups is 2. The van der Waals surface area contributed by atoms with Crippen LogP contribution in [-0.2, 0) is 11.3 Å². The van der Waals surface area contributed by atoms with Crippen molar-refractivity contribution >= 4 is 50.7 Å². The summed E-state index contributed by atoms with van der Waals surface area (Å²) >= 11 is 0. The molecule has 1 heterocycles. The molecule has 68 heavy (non-hydrogen) atoms. The molecule has 7 aromatic rings. The van der Waals surface area contributed by atoms with Crippen molar-refractivity contribution in [2.75, 3.05) is 7.11 Å². The van der Waals surface area contributed by atoms with Gasteiger partial charge in [-0.2, -0.15) is 4.57 Å². The maximum absolute atomic E-state index is 15.4. The summed E-state index contributed by atoms with van der Waals surface area (Å²) in [5, 5.41) is 1.09. The van der Waals surface area contributed by atoms with Gasteiger partial charge >= 0.3 is 5.97 Å². The van der Waals surface area contributed by atoms with Crippen molar-refractivity contribution in [2.24, 2.45) is 0 Å². The summed E-state index contributed by atoms with van der Waals surface area (Å²) < 4.78 is 301. The molecule has 0 spiro atoms. The maximum Gasteiger partial charge on any atom is 0.337 e. The van der Waals surface area contributed by atoms with E-state index in [-0.39, 0.29) is 12.3 Å². The van der Waals surface area contributed by atoms with E-state index in [1.165, 1.54) is 7.11 Å². The predicted octanol–water partition coefficient (Wildman–Crippen LogP) is 8.64. The smallest absolute Gasteiger partial charge is 0.337 e. The summed E-state index contributed by atoms with van der Waals surface area (Å²) in [4.78, 5) is 23.9. The SMILES string of the molecule is COC(=O)c1ccc(C(=O)C[n+]2cccc3ccccc32)cc1.Fc1c(F)c(F)c([B-](c2c(F)c(F)c(F)c(F)c2F)(c2c(F)c(F)c(F)c(F)c2F)c2c(F)c(F)c(F)c(F)c2F)c(F)c1F. The number of aromatic nitrogens is 1. The van der Waals surface area contributed by atoms with Crippen LogP contribution in [0.3, 0.4) is 0 Å². The van der Waals surface area contributed by atoms with Crippen LogP contribution in [0.15, 0.2) is 66.9 Å². The van der Waals surface area contributed by atoms with Crippen LogP contribution in [0.2, 0.25) is 0 Å². The van der Waals surface area contributed by atoms with Gasteiger partial charge in [-0.3, -0.25) is 4.79 Å². The number of rotatable bonds is 8. The third-order valence-electron chi connectivity index (χ3n) is 10.4. The number of Topliss-reactive ketones (excluding diaryl/α,β-unsaturated/α-hetero) is 1. The molecule has 7 rings (SSSR count). The van der Waals surface area contributed by atoms with Crippen LogP contribution in [0, 0.1) is 116 Å². The summed E-state index contributed by atoms with van der Waals surface area (Å²) in [6, 6.07) is 18.4. The molecule has 4 nitrogen and oxygen atoms in total. The van der Waals surface area contributed by atoms with Gasteiger partial charge < -0.3 is 4.74 Å². The molecule has 0 radical (unpaired) electrons. The number of hydrogen-bond acceptors (Lipinski definition) is 3. The molecule has 25 heteroatoms. The minimum Gasteiger partial charge on any atom is -0.465 e. The fourth-order valence-electron chi connectivity index (χ4n) is 7.39. The lowest BCUT2D eigenvalue weighted by Gasteiger charge is -2.44. The molecule has 0 saturated carbocycles. The van der Waals surface area contributed by atoms with Crippen molar-refractivity contribution in [3.63, 3.8) is 0 Å². The van der Waals surface area contributed by atoms with E-state index in [4.69, 9.17) is 0 Å². The molecule has 0 aliphatic rings. The molecular formula is C43H16BF20NO3. The maximum atomic E-state index is 15.4. The molecule has 0 amide bonds. The number of para-hydroxylation sites is 1.